The van der Waals surface area contributed by atoms with Crippen LogP contribution in [-0.4, -0.2) is 30.7 Å². The van der Waals surface area contributed by atoms with Crippen LogP contribution in [-0.2, 0) is 4.79 Å². The number of nitrogens with one attached hydrogen (secondary N) is 2. The van der Waals surface area contributed by atoms with Gasteiger partial charge in [0.05, 0.1) is 0 Å². The number of hydrogen-bond acceptors (Lipinski definition) is 2. The van der Waals surface area contributed by atoms with Crippen molar-refractivity contribution in [2.45, 2.75) is 38.0 Å². The highest BCUT2D eigenvalue weighted by atomic mass is 19.4. The molecule has 0 aliphatic carbocycles. The molecular formula is C8H13F3N2O. The summed E-state index contributed by atoms with van der Waals surface area (Å²) >= 11 is 0. The average molecular weight is 210 g/mol. The van der Waals surface area contributed by atoms with Crippen molar-refractivity contribution in [3.8, 4) is 0 Å². The van der Waals surface area contributed by atoms with Gasteiger partial charge in [-0.3, -0.25) is 4.79 Å². The molecule has 1 aliphatic rings. The van der Waals surface area contributed by atoms with Gasteiger partial charge in [0.2, 0.25) is 5.91 Å². The fourth-order valence-corrected chi connectivity index (χ4v) is 1.55. The van der Waals surface area contributed by atoms with Gasteiger partial charge in [0.1, 0.15) is 6.04 Å². The molecule has 82 valence electrons. The van der Waals surface area contributed by atoms with Crippen molar-refractivity contribution in [2.75, 3.05) is 6.54 Å². The molecule has 0 spiro atoms. The molecule has 1 aliphatic heterocycles. The van der Waals surface area contributed by atoms with Crippen molar-refractivity contribution in [2.24, 2.45) is 0 Å². The van der Waals surface area contributed by atoms with Gasteiger partial charge in [-0.1, -0.05) is 0 Å². The van der Waals surface area contributed by atoms with E-state index in [9.17, 15) is 18.0 Å². The number of piperidine rings is 1. The molecule has 0 bridgehead atoms. The number of halogens is 3. The molecule has 0 aromatic heterocycles. The lowest BCUT2D eigenvalue weighted by molar-refractivity contribution is -0.161. The summed E-state index contributed by atoms with van der Waals surface area (Å²) in [6.07, 6.45) is -3.79. The lowest BCUT2D eigenvalue weighted by atomic mass is 10.0. The third-order valence-corrected chi connectivity index (χ3v) is 2.22. The molecule has 0 aromatic carbocycles. The summed E-state index contributed by atoms with van der Waals surface area (Å²) < 4.78 is 36.5. The number of hydrogen-bond donors (Lipinski definition) is 2. The molecule has 1 rings (SSSR count). The summed E-state index contributed by atoms with van der Waals surface area (Å²) in [4.78, 5) is 10.6. The summed E-state index contributed by atoms with van der Waals surface area (Å²) in [6, 6.07) is -1.60. The van der Waals surface area contributed by atoms with Crippen LogP contribution >= 0.6 is 0 Å². The van der Waals surface area contributed by atoms with Gasteiger partial charge in [-0.25, -0.2) is 0 Å². The molecule has 0 saturated carbocycles. The molecule has 0 aromatic rings. The van der Waals surface area contributed by atoms with Gasteiger partial charge in [-0.05, 0) is 12.8 Å². The lowest BCUT2D eigenvalue weighted by Gasteiger charge is -2.31. The second-order valence-electron chi connectivity index (χ2n) is 3.48. The third kappa shape index (κ3) is 3.17. The van der Waals surface area contributed by atoms with Crippen LogP contribution in [0.4, 0.5) is 13.2 Å². The first-order valence-electron chi connectivity index (χ1n) is 4.47. The summed E-state index contributed by atoms with van der Waals surface area (Å²) in [5.74, 6) is -0.206. The van der Waals surface area contributed by atoms with Gasteiger partial charge in [0.15, 0.2) is 0 Å². The Balaban J connectivity index is 2.35. The van der Waals surface area contributed by atoms with Crippen LogP contribution < -0.4 is 10.6 Å². The van der Waals surface area contributed by atoms with Gasteiger partial charge in [-0.2, -0.15) is 13.2 Å². The Bertz CT molecular complexity index is 209. The molecular weight excluding hydrogens is 197 g/mol. The van der Waals surface area contributed by atoms with E-state index in [-0.39, 0.29) is 24.9 Å². The minimum Gasteiger partial charge on any atom is -0.352 e. The monoisotopic (exact) mass is 210 g/mol. The van der Waals surface area contributed by atoms with E-state index in [0.717, 1.165) is 0 Å². The Morgan fingerprint density at radius 1 is 1.43 bits per heavy atom. The highest BCUT2D eigenvalue weighted by Crippen LogP contribution is 2.25. The van der Waals surface area contributed by atoms with Crippen LogP contribution in [0, 0.1) is 0 Å². The summed E-state index contributed by atoms with van der Waals surface area (Å²) in [5.41, 5.74) is 0. The lowest BCUT2D eigenvalue weighted by Crippen LogP contribution is -2.53. The maximum atomic E-state index is 12.2. The van der Waals surface area contributed by atoms with Crippen molar-refractivity contribution in [1.29, 1.82) is 0 Å². The quantitative estimate of drug-likeness (QED) is 0.672. The van der Waals surface area contributed by atoms with Gasteiger partial charge < -0.3 is 10.6 Å². The van der Waals surface area contributed by atoms with Gasteiger partial charge in [0.25, 0.3) is 0 Å². The summed E-state index contributed by atoms with van der Waals surface area (Å²) in [7, 11) is 0. The van der Waals surface area contributed by atoms with Crippen molar-refractivity contribution in [3.05, 3.63) is 0 Å². The smallest absolute Gasteiger partial charge is 0.352 e. The van der Waals surface area contributed by atoms with Crippen LogP contribution in [0.3, 0.4) is 0 Å². The van der Waals surface area contributed by atoms with Crippen LogP contribution in [0.2, 0.25) is 0 Å². The Hall–Kier alpha value is -0.780. The predicted octanol–water partition coefficient (Wildman–Crippen LogP) is 0.805. The van der Waals surface area contributed by atoms with Crippen molar-refractivity contribution >= 4 is 5.91 Å². The first-order valence-corrected chi connectivity index (χ1v) is 4.47. The Morgan fingerprint density at radius 3 is 2.43 bits per heavy atom. The minimum atomic E-state index is -4.18. The molecule has 1 heterocycles. The molecule has 1 amide bonds. The van der Waals surface area contributed by atoms with E-state index in [1.54, 1.807) is 0 Å². The van der Waals surface area contributed by atoms with Crippen LogP contribution in [0.25, 0.3) is 0 Å². The van der Waals surface area contributed by atoms with Crippen molar-refractivity contribution in [3.63, 3.8) is 0 Å². The third-order valence-electron chi connectivity index (χ3n) is 2.22. The summed E-state index contributed by atoms with van der Waals surface area (Å²) in [5, 5.41) is 4.96. The number of carbonyl (C=O) groups is 1. The van der Waals surface area contributed by atoms with Gasteiger partial charge in [-0.15, -0.1) is 0 Å². The van der Waals surface area contributed by atoms with E-state index in [2.05, 4.69) is 10.6 Å². The highest BCUT2D eigenvalue weighted by molar-refractivity contribution is 5.73. The summed E-state index contributed by atoms with van der Waals surface area (Å²) in [6.45, 7) is 1.54. The maximum Gasteiger partial charge on any atom is 0.403 e. The molecule has 0 unspecified atom stereocenters. The van der Waals surface area contributed by atoms with E-state index in [1.165, 1.54) is 6.92 Å². The molecule has 1 fully saturated rings. The molecule has 6 heteroatoms. The Labute approximate surface area is 80.0 Å². The Kier molecular flexibility index (Phi) is 3.36. The Morgan fingerprint density at radius 2 is 2.07 bits per heavy atom. The van der Waals surface area contributed by atoms with Crippen LogP contribution in [0.5, 0.6) is 0 Å². The zero-order valence-corrected chi connectivity index (χ0v) is 7.82. The zero-order chi connectivity index (χ0) is 10.8. The van der Waals surface area contributed by atoms with E-state index in [4.69, 9.17) is 0 Å². The first kappa shape index (κ1) is 11.3. The van der Waals surface area contributed by atoms with Crippen LogP contribution in [0.15, 0.2) is 0 Å². The molecule has 3 nitrogen and oxygen atoms in total. The standard InChI is InChI=1S/C8H13F3N2O/c1-5(14)13-6-2-3-7(12-4-6)8(9,10)11/h6-7,12H,2-4H2,1H3,(H,13,14)/t6-,7-/m1/s1. The number of amides is 1. The number of rotatable bonds is 1. The fraction of sp³-hybridized carbons (Fsp3) is 0.875. The SMILES string of the molecule is CC(=O)N[C@@H]1CC[C@H](C(F)(F)F)NC1. The van der Waals surface area contributed by atoms with E-state index < -0.39 is 12.2 Å². The van der Waals surface area contributed by atoms with Crippen molar-refractivity contribution in [1.82, 2.24) is 10.6 Å². The van der Waals surface area contributed by atoms with Crippen molar-refractivity contribution < 1.29 is 18.0 Å². The molecule has 2 N–H and O–H groups in total. The van der Waals surface area contributed by atoms with E-state index >= 15 is 0 Å². The van der Waals surface area contributed by atoms with E-state index in [0.29, 0.717) is 6.42 Å². The number of carbonyl (C=O) groups excluding carboxylic acids is 1. The number of alkyl halides is 3. The minimum absolute atomic E-state index is 0.0223. The van der Waals surface area contributed by atoms with Gasteiger partial charge in [0, 0.05) is 19.5 Å². The largest absolute Gasteiger partial charge is 0.403 e. The zero-order valence-electron chi connectivity index (χ0n) is 7.82. The molecule has 0 radical (unpaired) electrons. The second kappa shape index (κ2) is 4.16. The topological polar surface area (TPSA) is 41.1 Å². The maximum absolute atomic E-state index is 12.2. The molecule has 2 atom stereocenters. The second-order valence-corrected chi connectivity index (χ2v) is 3.48. The normalized spacial score (nSPS) is 28.6. The highest BCUT2D eigenvalue weighted by Gasteiger charge is 2.41. The molecule has 1 saturated heterocycles. The predicted molar refractivity (Wildman–Crippen MR) is 44.7 cm³/mol. The fourth-order valence-electron chi connectivity index (χ4n) is 1.55. The first-order chi connectivity index (χ1) is 6.39. The van der Waals surface area contributed by atoms with E-state index in [1.807, 2.05) is 0 Å². The average Bonchev–Trinajstić information content (AvgIpc) is 2.02. The van der Waals surface area contributed by atoms with Gasteiger partial charge >= 0.3 is 6.18 Å². The molecule has 14 heavy (non-hydrogen) atoms. The van der Waals surface area contributed by atoms with Crippen LogP contribution in [0.1, 0.15) is 19.8 Å².